The van der Waals surface area contributed by atoms with Crippen LogP contribution in [0.5, 0.6) is 17.2 Å². The standard InChI is InChI=1S/C23H23ClN2O4/c1-15-12-19(5-6-20(15)24)30-16(2)23(27)26-18-4-7-21(28-3)22(13-18)29-14-17-8-10-25-11-9-17/h4-13,16H,14H2,1-3H3,(H,26,27). The first kappa shape index (κ1) is 21.5. The Kier molecular flexibility index (Phi) is 7.14. The summed E-state index contributed by atoms with van der Waals surface area (Å²) in [5, 5.41) is 3.49. The second-order valence-corrected chi connectivity index (χ2v) is 7.08. The SMILES string of the molecule is COc1ccc(NC(=O)C(C)Oc2ccc(Cl)c(C)c2)cc1OCc1ccncc1. The summed E-state index contributed by atoms with van der Waals surface area (Å²) >= 11 is 6.03. The van der Waals surface area contributed by atoms with Crippen molar-refractivity contribution in [3.8, 4) is 17.2 Å². The second kappa shape index (κ2) is 9.98. The summed E-state index contributed by atoms with van der Waals surface area (Å²) < 4.78 is 17.0. The number of carbonyl (C=O) groups is 1. The zero-order valence-electron chi connectivity index (χ0n) is 17.0. The highest BCUT2D eigenvalue weighted by Crippen LogP contribution is 2.31. The monoisotopic (exact) mass is 426 g/mol. The van der Waals surface area contributed by atoms with Crippen molar-refractivity contribution in [2.45, 2.75) is 26.6 Å². The van der Waals surface area contributed by atoms with E-state index in [1.54, 1.807) is 62.8 Å². The lowest BCUT2D eigenvalue weighted by atomic mass is 10.2. The van der Waals surface area contributed by atoms with Crippen LogP contribution in [0.1, 0.15) is 18.1 Å². The van der Waals surface area contributed by atoms with Crippen molar-refractivity contribution in [1.82, 2.24) is 4.98 Å². The van der Waals surface area contributed by atoms with Gasteiger partial charge in [-0.3, -0.25) is 9.78 Å². The maximum Gasteiger partial charge on any atom is 0.265 e. The van der Waals surface area contributed by atoms with Gasteiger partial charge in [-0.15, -0.1) is 0 Å². The first-order valence-electron chi connectivity index (χ1n) is 9.39. The number of aromatic nitrogens is 1. The van der Waals surface area contributed by atoms with Crippen LogP contribution in [0.15, 0.2) is 60.9 Å². The number of methoxy groups -OCH3 is 1. The summed E-state index contributed by atoms with van der Waals surface area (Å²) in [7, 11) is 1.57. The van der Waals surface area contributed by atoms with E-state index in [9.17, 15) is 4.79 Å². The molecular weight excluding hydrogens is 404 g/mol. The van der Waals surface area contributed by atoms with Crippen molar-refractivity contribution in [2.75, 3.05) is 12.4 Å². The quantitative estimate of drug-likeness (QED) is 0.546. The summed E-state index contributed by atoms with van der Waals surface area (Å²) in [4.78, 5) is 16.6. The minimum absolute atomic E-state index is 0.284. The van der Waals surface area contributed by atoms with Gasteiger partial charge in [0.05, 0.1) is 7.11 Å². The van der Waals surface area contributed by atoms with E-state index in [0.29, 0.717) is 34.6 Å². The maximum atomic E-state index is 12.6. The zero-order valence-corrected chi connectivity index (χ0v) is 17.8. The lowest BCUT2D eigenvalue weighted by Gasteiger charge is -2.17. The fourth-order valence-electron chi connectivity index (χ4n) is 2.70. The molecule has 1 amide bonds. The van der Waals surface area contributed by atoms with Crippen molar-refractivity contribution in [2.24, 2.45) is 0 Å². The molecule has 2 aromatic carbocycles. The van der Waals surface area contributed by atoms with Crippen molar-refractivity contribution in [3.63, 3.8) is 0 Å². The molecule has 1 N–H and O–H groups in total. The van der Waals surface area contributed by atoms with Gasteiger partial charge in [-0.2, -0.15) is 0 Å². The molecule has 3 aromatic rings. The van der Waals surface area contributed by atoms with E-state index in [1.165, 1.54) is 0 Å². The molecule has 0 bridgehead atoms. The number of nitrogens with zero attached hydrogens (tertiary/aromatic N) is 1. The van der Waals surface area contributed by atoms with Crippen LogP contribution >= 0.6 is 11.6 Å². The average Bonchev–Trinajstić information content (AvgIpc) is 2.75. The summed E-state index contributed by atoms with van der Waals surface area (Å²) in [6.07, 6.45) is 2.71. The van der Waals surface area contributed by atoms with Crippen molar-refractivity contribution >= 4 is 23.2 Å². The normalized spacial score (nSPS) is 11.5. The number of pyridine rings is 1. The van der Waals surface area contributed by atoms with Crippen molar-refractivity contribution in [1.29, 1.82) is 0 Å². The summed E-state index contributed by atoms with van der Waals surface area (Å²) in [6, 6.07) is 14.2. The highest BCUT2D eigenvalue weighted by Gasteiger charge is 2.16. The number of carbonyl (C=O) groups excluding carboxylic acids is 1. The number of nitrogens with one attached hydrogen (secondary N) is 1. The van der Waals surface area contributed by atoms with Gasteiger partial charge in [0.25, 0.3) is 5.91 Å². The van der Waals surface area contributed by atoms with Gasteiger partial charge in [0.1, 0.15) is 12.4 Å². The van der Waals surface area contributed by atoms with Crippen LogP contribution in [-0.4, -0.2) is 24.1 Å². The smallest absolute Gasteiger partial charge is 0.265 e. The number of rotatable bonds is 8. The van der Waals surface area contributed by atoms with E-state index in [4.69, 9.17) is 25.8 Å². The molecule has 0 radical (unpaired) electrons. The minimum Gasteiger partial charge on any atom is -0.493 e. The van der Waals surface area contributed by atoms with E-state index >= 15 is 0 Å². The predicted octanol–water partition coefficient (Wildman–Crippen LogP) is 5.04. The van der Waals surface area contributed by atoms with E-state index in [-0.39, 0.29) is 5.91 Å². The van der Waals surface area contributed by atoms with E-state index in [0.717, 1.165) is 11.1 Å². The summed E-state index contributed by atoms with van der Waals surface area (Å²) in [5.41, 5.74) is 2.43. The maximum absolute atomic E-state index is 12.6. The molecule has 0 fully saturated rings. The third kappa shape index (κ3) is 5.64. The van der Waals surface area contributed by atoms with Gasteiger partial charge < -0.3 is 19.5 Å². The Morgan fingerprint density at radius 1 is 1.10 bits per heavy atom. The molecule has 6 nitrogen and oxygen atoms in total. The van der Waals surface area contributed by atoms with Gasteiger partial charge in [-0.1, -0.05) is 11.6 Å². The lowest BCUT2D eigenvalue weighted by Crippen LogP contribution is -2.30. The molecule has 0 saturated heterocycles. The van der Waals surface area contributed by atoms with Crippen molar-refractivity contribution in [3.05, 3.63) is 77.1 Å². The first-order valence-corrected chi connectivity index (χ1v) is 9.77. The molecule has 0 aliphatic heterocycles. The topological polar surface area (TPSA) is 69.7 Å². The highest BCUT2D eigenvalue weighted by atomic mass is 35.5. The summed E-state index contributed by atoms with van der Waals surface area (Å²) in [5.74, 6) is 1.39. The Morgan fingerprint density at radius 2 is 1.87 bits per heavy atom. The highest BCUT2D eigenvalue weighted by molar-refractivity contribution is 6.31. The Hall–Kier alpha value is -3.25. The predicted molar refractivity (Wildman–Crippen MR) is 116 cm³/mol. The van der Waals surface area contributed by atoms with Crippen LogP contribution < -0.4 is 19.5 Å². The molecule has 7 heteroatoms. The molecule has 0 aliphatic rings. The fourth-order valence-corrected chi connectivity index (χ4v) is 2.82. The minimum atomic E-state index is -0.700. The van der Waals surface area contributed by atoms with Gasteiger partial charge >= 0.3 is 0 Å². The number of amides is 1. The van der Waals surface area contributed by atoms with Gasteiger partial charge in [-0.05, 0) is 67.4 Å². The second-order valence-electron chi connectivity index (χ2n) is 6.67. The number of halogens is 1. The Bertz CT molecular complexity index is 1010. The van der Waals surface area contributed by atoms with E-state index in [2.05, 4.69) is 10.3 Å². The molecule has 3 rings (SSSR count). The average molecular weight is 427 g/mol. The number of hydrogen-bond acceptors (Lipinski definition) is 5. The van der Waals surface area contributed by atoms with Crippen LogP contribution in [0.25, 0.3) is 0 Å². The molecule has 156 valence electrons. The van der Waals surface area contributed by atoms with Gasteiger partial charge in [-0.25, -0.2) is 0 Å². The number of hydrogen-bond donors (Lipinski definition) is 1. The summed E-state index contributed by atoms with van der Waals surface area (Å²) in [6.45, 7) is 3.92. The molecule has 1 heterocycles. The third-order valence-corrected chi connectivity index (χ3v) is 4.81. The largest absolute Gasteiger partial charge is 0.493 e. The van der Waals surface area contributed by atoms with Gasteiger partial charge in [0.15, 0.2) is 17.6 Å². The number of aryl methyl sites for hydroxylation is 1. The van der Waals surface area contributed by atoms with Crippen LogP contribution in [-0.2, 0) is 11.4 Å². The molecule has 1 unspecified atom stereocenters. The molecule has 30 heavy (non-hydrogen) atoms. The molecule has 1 atom stereocenters. The van der Waals surface area contributed by atoms with Gasteiger partial charge in [0.2, 0.25) is 0 Å². The van der Waals surface area contributed by atoms with E-state index in [1.807, 2.05) is 19.1 Å². The van der Waals surface area contributed by atoms with Crippen LogP contribution in [0.2, 0.25) is 5.02 Å². The van der Waals surface area contributed by atoms with Gasteiger partial charge in [0, 0.05) is 29.2 Å². The Balaban J connectivity index is 1.65. The molecule has 1 aromatic heterocycles. The lowest BCUT2D eigenvalue weighted by molar-refractivity contribution is -0.122. The van der Waals surface area contributed by atoms with Crippen molar-refractivity contribution < 1.29 is 19.0 Å². The third-order valence-electron chi connectivity index (χ3n) is 4.39. The molecule has 0 saturated carbocycles. The Labute approximate surface area is 180 Å². The molecule has 0 aliphatic carbocycles. The van der Waals surface area contributed by atoms with Crippen LogP contribution in [0, 0.1) is 6.92 Å². The fraction of sp³-hybridized carbons (Fsp3) is 0.217. The first-order chi connectivity index (χ1) is 14.5. The Morgan fingerprint density at radius 3 is 2.57 bits per heavy atom. The van der Waals surface area contributed by atoms with Crippen LogP contribution in [0.3, 0.4) is 0 Å². The zero-order chi connectivity index (χ0) is 21.5. The number of anilines is 1. The van der Waals surface area contributed by atoms with E-state index < -0.39 is 6.10 Å². The van der Waals surface area contributed by atoms with Crippen LogP contribution in [0.4, 0.5) is 5.69 Å². The molecule has 0 spiro atoms. The number of benzene rings is 2. The number of ether oxygens (including phenoxy) is 3. The molecular formula is C23H23ClN2O4.